The molecule has 0 amide bonds. The normalized spacial score (nSPS) is 14.4. The van der Waals surface area contributed by atoms with E-state index in [0.29, 0.717) is 5.92 Å². The van der Waals surface area contributed by atoms with Crippen LogP contribution in [0.15, 0.2) is 12.5 Å². The van der Waals surface area contributed by atoms with Crippen LogP contribution in [0, 0.1) is 0 Å². The molecule has 1 aromatic rings. The molecule has 0 saturated heterocycles. The summed E-state index contributed by atoms with van der Waals surface area (Å²) in [4.78, 5) is 4.45. The molecule has 14 heavy (non-hydrogen) atoms. The van der Waals surface area contributed by atoms with Crippen molar-refractivity contribution in [2.24, 2.45) is 0 Å². The molecular weight excluding hydrogens is 192 g/mol. The Morgan fingerprint density at radius 1 is 1.50 bits per heavy atom. The summed E-state index contributed by atoms with van der Waals surface area (Å²) < 4.78 is 2.18. The molecule has 0 aliphatic carbocycles. The number of imidazole rings is 1. The average molecular weight is 212 g/mol. The van der Waals surface area contributed by atoms with Gasteiger partial charge in [-0.3, -0.25) is 0 Å². The van der Waals surface area contributed by atoms with E-state index < -0.39 is 0 Å². The van der Waals surface area contributed by atoms with Crippen LogP contribution in [-0.4, -0.2) is 21.6 Å². The second-order valence-corrected chi connectivity index (χ2v) is 5.64. The fourth-order valence-corrected chi connectivity index (χ4v) is 1.97. The lowest BCUT2D eigenvalue weighted by molar-refractivity contribution is 0.396. The van der Waals surface area contributed by atoms with Crippen molar-refractivity contribution in [2.45, 2.75) is 39.2 Å². The summed E-state index contributed by atoms with van der Waals surface area (Å²) >= 11 is 1.87. The monoisotopic (exact) mass is 212 g/mol. The Kier molecular flexibility index (Phi) is 3.65. The van der Waals surface area contributed by atoms with Gasteiger partial charge in [0.1, 0.15) is 0 Å². The highest BCUT2D eigenvalue weighted by Crippen LogP contribution is 2.20. The minimum Gasteiger partial charge on any atom is -0.332 e. The smallest absolute Gasteiger partial charge is 0.0954 e. The van der Waals surface area contributed by atoms with Crippen molar-refractivity contribution >= 4 is 11.8 Å². The van der Waals surface area contributed by atoms with Crippen molar-refractivity contribution in [3.05, 3.63) is 18.2 Å². The van der Waals surface area contributed by atoms with Crippen molar-refractivity contribution in [3.8, 4) is 0 Å². The standard InChI is InChI=1S/C11H20N2S/c1-9(7-14-5)10-6-13(8-12-10)11(2,3)4/h6,8-9H,7H2,1-5H3. The summed E-state index contributed by atoms with van der Waals surface area (Å²) in [5, 5.41) is 0. The van der Waals surface area contributed by atoms with Gasteiger partial charge >= 0.3 is 0 Å². The molecule has 0 N–H and O–H groups in total. The molecule has 1 atom stereocenters. The molecule has 0 aliphatic heterocycles. The summed E-state index contributed by atoms with van der Waals surface area (Å²) in [6.07, 6.45) is 6.24. The quantitative estimate of drug-likeness (QED) is 0.766. The zero-order chi connectivity index (χ0) is 10.8. The van der Waals surface area contributed by atoms with Gasteiger partial charge in [-0.1, -0.05) is 6.92 Å². The van der Waals surface area contributed by atoms with Crippen LogP contribution in [0.5, 0.6) is 0 Å². The highest BCUT2D eigenvalue weighted by molar-refractivity contribution is 7.98. The Hall–Kier alpha value is -0.440. The fourth-order valence-electron chi connectivity index (χ4n) is 1.29. The maximum absolute atomic E-state index is 4.45. The van der Waals surface area contributed by atoms with Crippen LogP contribution in [-0.2, 0) is 5.54 Å². The third kappa shape index (κ3) is 2.77. The first-order valence-electron chi connectivity index (χ1n) is 4.98. The van der Waals surface area contributed by atoms with Gasteiger partial charge in [-0.25, -0.2) is 4.98 Å². The zero-order valence-electron chi connectivity index (χ0n) is 9.74. The number of hydrogen-bond donors (Lipinski definition) is 0. The number of thioether (sulfide) groups is 1. The molecule has 0 aromatic carbocycles. The van der Waals surface area contributed by atoms with E-state index in [1.165, 1.54) is 5.69 Å². The highest BCUT2D eigenvalue weighted by atomic mass is 32.2. The molecule has 2 nitrogen and oxygen atoms in total. The van der Waals surface area contributed by atoms with E-state index in [-0.39, 0.29) is 5.54 Å². The van der Waals surface area contributed by atoms with Crippen molar-refractivity contribution < 1.29 is 0 Å². The first-order valence-corrected chi connectivity index (χ1v) is 6.38. The molecule has 0 saturated carbocycles. The van der Waals surface area contributed by atoms with E-state index in [2.05, 4.69) is 49.7 Å². The van der Waals surface area contributed by atoms with Gasteiger partial charge in [0.25, 0.3) is 0 Å². The zero-order valence-corrected chi connectivity index (χ0v) is 10.6. The summed E-state index contributed by atoms with van der Waals surface area (Å²) in [7, 11) is 0. The second kappa shape index (κ2) is 4.39. The largest absolute Gasteiger partial charge is 0.332 e. The average Bonchev–Trinajstić information content (AvgIpc) is 2.51. The van der Waals surface area contributed by atoms with E-state index in [9.17, 15) is 0 Å². The fraction of sp³-hybridized carbons (Fsp3) is 0.727. The maximum Gasteiger partial charge on any atom is 0.0954 e. The highest BCUT2D eigenvalue weighted by Gasteiger charge is 2.15. The molecule has 0 aliphatic rings. The number of hydrogen-bond acceptors (Lipinski definition) is 2. The van der Waals surface area contributed by atoms with Crippen molar-refractivity contribution in [3.63, 3.8) is 0 Å². The summed E-state index contributed by atoms with van der Waals surface area (Å²) in [5.74, 6) is 1.69. The van der Waals surface area contributed by atoms with Gasteiger partial charge in [-0.2, -0.15) is 11.8 Å². The Balaban J connectivity index is 2.78. The lowest BCUT2D eigenvalue weighted by Gasteiger charge is -2.20. The van der Waals surface area contributed by atoms with Crippen LogP contribution in [0.4, 0.5) is 0 Å². The van der Waals surface area contributed by atoms with Gasteiger partial charge in [0.2, 0.25) is 0 Å². The second-order valence-electron chi connectivity index (χ2n) is 4.73. The first kappa shape index (κ1) is 11.6. The first-order chi connectivity index (χ1) is 6.45. The van der Waals surface area contributed by atoms with Gasteiger partial charge in [0.15, 0.2) is 0 Å². The van der Waals surface area contributed by atoms with Crippen LogP contribution < -0.4 is 0 Å². The van der Waals surface area contributed by atoms with Gasteiger partial charge in [0, 0.05) is 23.4 Å². The molecular formula is C11H20N2S. The third-order valence-electron chi connectivity index (χ3n) is 2.30. The topological polar surface area (TPSA) is 17.8 Å². The Morgan fingerprint density at radius 2 is 2.14 bits per heavy atom. The van der Waals surface area contributed by atoms with E-state index in [4.69, 9.17) is 0 Å². The van der Waals surface area contributed by atoms with E-state index in [1.807, 2.05) is 18.1 Å². The van der Waals surface area contributed by atoms with Crippen LogP contribution in [0.3, 0.4) is 0 Å². The van der Waals surface area contributed by atoms with Crippen LogP contribution in [0.2, 0.25) is 0 Å². The predicted octanol–water partition coefficient (Wildman–Crippen LogP) is 3.10. The van der Waals surface area contributed by atoms with E-state index >= 15 is 0 Å². The molecule has 1 aromatic heterocycles. The number of aromatic nitrogens is 2. The minimum atomic E-state index is 0.143. The van der Waals surface area contributed by atoms with Crippen LogP contribution >= 0.6 is 11.8 Å². The molecule has 1 heterocycles. The number of rotatable bonds is 3. The Morgan fingerprint density at radius 3 is 2.57 bits per heavy atom. The third-order valence-corrected chi connectivity index (χ3v) is 3.13. The predicted molar refractivity (Wildman–Crippen MR) is 64.0 cm³/mol. The molecule has 80 valence electrons. The van der Waals surface area contributed by atoms with Gasteiger partial charge in [0.05, 0.1) is 12.0 Å². The Bertz CT molecular complexity index is 286. The van der Waals surface area contributed by atoms with Crippen molar-refractivity contribution in [2.75, 3.05) is 12.0 Å². The molecule has 3 heteroatoms. The summed E-state index contributed by atoms with van der Waals surface area (Å²) in [5.41, 5.74) is 1.35. The molecule has 1 unspecified atom stereocenters. The van der Waals surface area contributed by atoms with Gasteiger partial charge < -0.3 is 4.57 Å². The van der Waals surface area contributed by atoms with Crippen LogP contribution in [0.25, 0.3) is 0 Å². The molecule has 0 radical (unpaired) electrons. The lowest BCUT2D eigenvalue weighted by Crippen LogP contribution is -2.19. The van der Waals surface area contributed by atoms with E-state index in [0.717, 1.165) is 5.75 Å². The summed E-state index contributed by atoms with van der Waals surface area (Å²) in [6, 6.07) is 0. The lowest BCUT2D eigenvalue weighted by atomic mass is 10.1. The van der Waals surface area contributed by atoms with Gasteiger partial charge in [-0.15, -0.1) is 0 Å². The van der Waals surface area contributed by atoms with Crippen molar-refractivity contribution in [1.29, 1.82) is 0 Å². The molecule has 0 spiro atoms. The minimum absolute atomic E-state index is 0.143. The molecule has 0 fully saturated rings. The van der Waals surface area contributed by atoms with Crippen LogP contribution in [0.1, 0.15) is 39.3 Å². The summed E-state index contributed by atoms with van der Waals surface area (Å²) in [6.45, 7) is 8.80. The Labute approximate surface area is 91.1 Å². The van der Waals surface area contributed by atoms with E-state index in [1.54, 1.807) is 0 Å². The number of nitrogens with zero attached hydrogens (tertiary/aromatic N) is 2. The van der Waals surface area contributed by atoms with Gasteiger partial charge in [-0.05, 0) is 27.0 Å². The maximum atomic E-state index is 4.45. The van der Waals surface area contributed by atoms with Crippen molar-refractivity contribution in [1.82, 2.24) is 9.55 Å². The molecule has 0 bridgehead atoms. The molecule has 1 rings (SSSR count). The SMILES string of the molecule is CSCC(C)c1cn(C(C)(C)C)cn1.